The van der Waals surface area contributed by atoms with E-state index in [1.807, 2.05) is 6.07 Å². The third-order valence-corrected chi connectivity index (χ3v) is 5.42. The van der Waals surface area contributed by atoms with Crippen molar-refractivity contribution in [1.29, 1.82) is 0 Å². The second-order valence-corrected chi connectivity index (χ2v) is 8.22. The molecule has 2 aromatic rings. The van der Waals surface area contributed by atoms with Crippen LogP contribution in [0.1, 0.15) is 56.6 Å². The number of benzene rings is 1. The van der Waals surface area contributed by atoms with Crippen molar-refractivity contribution in [3.05, 3.63) is 47.4 Å². The fourth-order valence-electron chi connectivity index (χ4n) is 3.53. The number of amides is 2. The summed E-state index contributed by atoms with van der Waals surface area (Å²) in [6.45, 7) is 4.13. The maximum Gasteiger partial charge on any atom is 0.229 e. The summed E-state index contributed by atoms with van der Waals surface area (Å²) in [4.78, 5) is 24.8. The summed E-state index contributed by atoms with van der Waals surface area (Å²) in [7, 11) is 0. The highest BCUT2D eigenvalue weighted by atomic mass is 19.1. The van der Waals surface area contributed by atoms with Gasteiger partial charge in [-0.15, -0.1) is 0 Å². The maximum absolute atomic E-state index is 13.1. The molecule has 8 heteroatoms. The van der Waals surface area contributed by atoms with Gasteiger partial charge >= 0.3 is 0 Å². The third-order valence-electron chi connectivity index (χ3n) is 5.42. The molecule has 2 fully saturated rings. The Bertz CT molecular complexity index is 904. The van der Waals surface area contributed by atoms with Crippen LogP contribution in [0.5, 0.6) is 0 Å². The number of hydrogen-bond donors (Lipinski definition) is 3. The fraction of sp³-hybridized carbons (Fsp3) is 0.476. The van der Waals surface area contributed by atoms with Crippen LogP contribution in [0.3, 0.4) is 0 Å². The molecule has 0 bridgehead atoms. The van der Waals surface area contributed by atoms with E-state index in [1.54, 1.807) is 16.8 Å². The Morgan fingerprint density at radius 2 is 2.03 bits per heavy atom. The number of carbonyl (C=O) groups excluding carboxylic acids is 2. The van der Waals surface area contributed by atoms with Gasteiger partial charge in [0.05, 0.1) is 12.1 Å². The van der Waals surface area contributed by atoms with Crippen molar-refractivity contribution >= 4 is 17.6 Å². The molecule has 4 rings (SSSR count). The molecule has 2 atom stereocenters. The van der Waals surface area contributed by atoms with E-state index in [-0.39, 0.29) is 30.1 Å². The molecule has 1 aromatic carbocycles. The van der Waals surface area contributed by atoms with Crippen LogP contribution in [0, 0.1) is 11.7 Å². The molecule has 7 nitrogen and oxygen atoms in total. The minimum atomic E-state index is -0.516. The van der Waals surface area contributed by atoms with Crippen LogP contribution in [0.2, 0.25) is 0 Å². The standard InChI is InChI=1S/C21H26FN5O2/c1-12(2)16-11-20(29)25-21(23-16)27-18(10-17(26-27)14-5-6-14)24-19(28)9-13-3-7-15(22)8-4-13/h3-4,7-8,10,12,14,16,21,23H,5-6,9,11H2,1-2H3,(H,24,28)(H,25,29). The van der Waals surface area contributed by atoms with Crippen molar-refractivity contribution in [2.45, 2.75) is 57.8 Å². The van der Waals surface area contributed by atoms with Gasteiger partial charge in [0.2, 0.25) is 11.8 Å². The van der Waals surface area contributed by atoms with Crippen LogP contribution < -0.4 is 16.0 Å². The van der Waals surface area contributed by atoms with Crippen LogP contribution in [-0.2, 0) is 16.0 Å². The number of nitrogens with one attached hydrogen (secondary N) is 3. The lowest BCUT2D eigenvalue weighted by atomic mass is 9.99. The molecule has 2 unspecified atom stereocenters. The molecular formula is C21H26FN5O2. The van der Waals surface area contributed by atoms with Crippen LogP contribution >= 0.6 is 0 Å². The zero-order valence-corrected chi connectivity index (χ0v) is 16.6. The van der Waals surface area contributed by atoms with E-state index in [1.165, 1.54) is 12.1 Å². The summed E-state index contributed by atoms with van der Waals surface area (Å²) in [6, 6.07) is 7.78. The molecule has 1 saturated heterocycles. The average Bonchev–Trinajstić information content (AvgIpc) is 3.44. The van der Waals surface area contributed by atoms with E-state index in [0.717, 1.165) is 24.1 Å². The van der Waals surface area contributed by atoms with E-state index in [4.69, 9.17) is 0 Å². The van der Waals surface area contributed by atoms with Crippen molar-refractivity contribution in [3.8, 4) is 0 Å². The number of rotatable bonds is 6. The normalized spacial score (nSPS) is 21.9. The molecule has 1 aromatic heterocycles. The monoisotopic (exact) mass is 399 g/mol. The molecule has 1 aliphatic carbocycles. The molecular weight excluding hydrogens is 373 g/mol. The van der Waals surface area contributed by atoms with Gasteiger partial charge in [-0.2, -0.15) is 5.10 Å². The number of aromatic nitrogens is 2. The Balaban J connectivity index is 1.53. The summed E-state index contributed by atoms with van der Waals surface area (Å²) < 4.78 is 14.7. The lowest BCUT2D eigenvalue weighted by Crippen LogP contribution is -2.55. The first kappa shape index (κ1) is 19.6. The molecule has 2 aliphatic rings. The zero-order valence-electron chi connectivity index (χ0n) is 16.6. The Morgan fingerprint density at radius 3 is 2.69 bits per heavy atom. The second-order valence-electron chi connectivity index (χ2n) is 8.22. The van der Waals surface area contributed by atoms with Gasteiger partial charge in [0, 0.05) is 24.4 Å². The van der Waals surface area contributed by atoms with Crippen LogP contribution in [-0.4, -0.2) is 27.6 Å². The van der Waals surface area contributed by atoms with Crippen molar-refractivity contribution in [3.63, 3.8) is 0 Å². The highest BCUT2D eigenvalue weighted by Crippen LogP contribution is 2.40. The lowest BCUT2D eigenvalue weighted by Gasteiger charge is -2.34. The molecule has 3 N–H and O–H groups in total. The van der Waals surface area contributed by atoms with E-state index in [0.29, 0.717) is 24.1 Å². The second kappa shape index (κ2) is 7.94. The highest BCUT2D eigenvalue weighted by molar-refractivity contribution is 5.91. The van der Waals surface area contributed by atoms with Crippen LogP contribution in [0.4, 0.5) is 10.2 Å². The number of carbonyl (C=O) groups is 2. The van der Waals surface area contributed by atoms with Crippen molar-refractivity contribution < 1.29 is 14.0 Å². The Hall–Kier alpha value is -2.74. The predicted octanol–water partition coefficient (Wildman–Crippen LogP) is 2.67. The minimum Gasteiger partial charge on any atom is -0.322 e. The van der Waals surface area contributed by atoms with E-state index in [2.05, 4.69) is 34.9 Å². The summed E-state index contributed by atoms with van der Waals surface area (Å²) in [5, 5.41) is 13.9. The van der Waals surface area contributed by atoms with Crippen molar-refractivity contribution in [2.75, 3.05) is 5.32 Å². The average molecular weight is 399 g/mol. The summed E-state index contributed by atoms with van der Waals surface area (Å²) in [5.74, 6) is 0.645. The highest BCUT2D eigenvalue weighted by Gasteiger charge is 2.33. The van der Waals surface area contributed by atoms with Gasteiger partial charge in [0.25, 0.3) is 0 Å². The molecule has 1 aliphatic heterocycles. The van der Waals surface area contributed by atoms with E-state index < -0.39 is 6.29 Å². The van der Waals surface area contributed by atoms with Gasteiger partial charge in [-0.1, -0.05) is 26.0 Å². The smallest absolute Gasteiger partial charge is 0.229 e. The van der Waals surface area contributed by atoms with Crippen LogP contribution in [0.25, 0.3) is 0 Å². The first-order chi connectivity index (χ1) is 13.9. The van der Waals surface area contributed by atoms with Gasteiger partial charge in [0.15, 0.2) is 6.29 Å². The molecule has 154 valence electrons. The molecule has 29 heavy (non-hydrogen) atoms. The summed E-state index contributed by atoms with van der Waals surface area (Å²) in [6.07, 6.45) is 2.19. The van der Waals surface area contributed by atoms with Gasteiger partial charge in [0.1, 0.15) is 11.6 Å². The van der Waals surface area contributed by atoms with Crippen molar-refractivity contribution in [2.24, 2.45) is 5.92 Å². The maximum atomic E-state index is 13.1. The summed E-state index contributed by atoms with van der Waals surface area (Å²) >= 11 is 0. The fourth-order valence-corrected chi connectivity index (χ4v) is 3.53. The number of halogens is 1. The van der Waals surface area contributed by atoms with Gasteiger partial charge in [-0.3, -0.25) is 14.9 Å². The number of nitrogens with zero attached hydrogens (tertiary/aromatic N) is 2. The Labute approximate surface area is 169 Å². The lowest BCUT2D eigenvalue weighted by molar-refractivity contribution is -0.126. The minimum absolute atomic E-state index is 0.0325. The first-order valence-electron chi connectivity index (χ1n) is 10.1. The molecule has 1 saturated carbocycles. The SMILES string of the molecule is CC(C)C1CC(=O)NC(n2nc(C3CC3)cc2NC(=O)Cc2ccc(F)cc2)N1. The van der Waals surface area contributed by atoms with E-state index in [9.17, 15) is 14.0 Å². The first-order valence-corrected chi connectivity index (χ1v) is 10.1. The molecule has 2 amide bonds. The third kappa shape index (κ3) is 4.64. The van der Waals surface area contributed by atoms with Gasteiger partial charge < -0.3 is 10.6 Å². The topological polar surface area (TPSA) is 88.1 Å². The Kier molecular flexibility index (Phi) is 5.36. The predicted molar refractivity (Wildman–Crippen MR) is 106 cm³/mol. The summed E-state index contributed by atoms with van der Waals surface area (Å²) in [5.41, 5.74) is 1.64. The number of anilines is 1. The van der Waals surface area contributed by atoms with Crippen LogP contribution in [0.15, 0.2) is 30.3 Å². The molecule has 2 heterocycles. The molecule has 0 radical (unpaired) electrons. The Morgan fingerprint density at radius 1 is 1.31 bits per heavy atom. The van der Waals surface area contributed by atoms with Gasteiger partial charge in [-0.05, 0) is 36.5 Å². The van der Waals surface area contributed by atoms with E-state index >= 15 is 0 Å². The van der Waals surface area contributed by atoms with Crippen molar-refractivity contribution in [1.82, 2.24) is 20.4 Å². The van der Waals surface area contributed by atoms with Gasteiger partial charge in [-0.25, -0.2) is 9.07 Å². The quantitative estimate of drug-likeness (QED) is 0.697. The number of hydrogen-bond acceptors (Lipinski definition) is 4. The largest absolute Gasteiger partial charge is 0.322 e. The zero-order chi connectivity index (χ0) is 20.5. The molecule has 0 spiro atoms.